The maximum absolute atomic E-state index is 11.7. The Balaban J connectivity index is 0.000000303. The van der Waals surface area contributed by atoms with Crippen LogP contribution < -0.4 is 0 Å². The predicted molar refractivity (Wildman–Crippen MR) is 115 cm³/mol. The van der Waals surface area contributed by atoms with E-state index in [-0.39, 0.29) is 22.9 Å². The molecule has 1 N–H and O–H groups in total. The lowest BCUT2D eigenvalue weighted by atomic mass is 9.66. The number of carboxylic acid groups (broad SMARTS) is 1. The van der Waals surface area contributed by atoms with Crippen molar-refractivity contribution in [1.82, 2.24) is 0 Å². The zero-order valence-electron chi connectivity index (χ0n) is 18.3. The average Bonchev–Trinajstić information content (AvgIpc) is 2.50. The van der Waals surface area contributed by atoms with E-state index >= 15 is 0 Å². The number of esters is 1. The summed E-state index contributed by atoms with van der Waals surface area (Å²) in [5.74, 6) is -0.650. The van der Waals surface area contributed by atoms with Gasteiger partial charge in [-0.2, -0.15) is 0 Å². The largest absolute Gasteiger partial charge is 0.481 e. The summed E-state index contributed by atoms with van der Waals surface area (Å²) >= 11 is 0. The van der Waals surface area contributed by atoms with Crippen molar-refractivity contribution in [2.24, 2.45) is 10.8 Å². The standard InChI is InChI=1S/C11H20O4S.C9H16O4S/c1-3-15-10(12)11(6-4-7-11)8-5-9-16(2,13)14;1-14(12,13)7-3-6-9(8(10)11)4-2-5-9/h3-9H2,1-2H3;2-7H2,1H3,(H,10,11). The fourth-order valence-corrected chi connectivity index (χ4v) is 5.30. The number of carbonyl (C=O) groups excluding carboxylic acids is 1. The highest BCUT2D eigenvalue weighted by Crippen LogP contribution is 2.46. The number of hydrogen-bond donors (Lipinski definition) is 1. The van der Waals surface area contributed by atoms with Gasteiger partial charge in [0.2, 0.25) is 0 Å². The van der Waals surface area contributed by atoms with Crippen LogP contribution in [0.4, 0.5) is 0 Å². The lowest BCUT2D eigenvalue weighted by molar-refractivity contribution is -0.161. The van der Waals surface area contributed by atoms with Crippen molar-refractivity contribution in [3.63, 3.8) is 0 Å². The third-order valence-electron chi connectivity index (χ3n) is 6.12. The van der Waals surface area contributed by atoms with Gasteiger partial charge in [-0.3, -0.25) is 9.59 Å². The zero-order chi connectivity index (χ0) is 23.1. The van der Waals surface area contributed by atoms with Crippen LogP contribution in [0.25, 0.3) is 0 Å². The summed E-state index contributed by atoms with van der Waals surface area (Å²) in [5.41, 5.74) is -0.981. The molecule has 176 valence electrons. The number of hydrogen-bond acceptors (Lipinski definition) is 7. The third-order valence-corrected chi connectivity index (χ3v) is 8.18. The molecule has 2 saturated carbocycles. The van der Waals surface area contributed by atoms with Crippen LogP contribution in [0.15, 0.2) is 0 Å². The van der Waals surface area contributed by atoms with Gasteiger partial charge in [0.15, 0.2) is 0 Å². The summed E-state index contributed by atoms with van der Waals surface area (Å²) < 4.78 is 48.7. The van der Waals surface area contributed by atoms with Crippen molar-refractivity contribution in [3.8, 4) is 0 Å². The molecular formula is C20H36O8S2. The Labute approximate surface area is 180 Å². The van der Waals surface area contributed by atoms with E-state index in [0.717, 1.165) is 25.7 Å². The molecule has 2 aliphatic carbocycles. The van der Waals surface area contributed by atoms with Crippen LogP contribution in [0.3, 0.4) is 0 Å². The van der Waals surface area contributed by atoms with Gasteiger partial charge in [-0.25, -0.2) is 16.8 Å². The van der Waals surface area contributed by atoms with Crippen LogP contribution in [0.2, 0.25) is 0 Å². The van der Waals surface area contributed by atoms with E-state index < -0.39 is 31.1 Å². The molecule has 0 aromatic heterocycles. The minimum atomic E-state index is -2.95. The first-order valence-electron chi connectivity index (χ1n) is 10.5. The normalized spacial score (nSPS) is 19.4. The van der Waals surface area contributed by atoms with Crippen molar-refractivity contribution in [1.29, 1.82) is 0 Å². The van der Waals surface area contributed by atoms with Gasteiger partial charge in [-0.1, -0.05) is 12.8 Å². The summed E-state index contributed by atoms with van der Waals surface area (Å²) in [4.78, 5) is 22.6. The molecule has 0 spiro atoms. The monoisotopic (exact) mass is 468 g/mol. The van der Waals surface area contributed by atoms with Gasteiger partial charge in [-0.05, 0) is 58.3 Å². The summed E-state index contributed by atoms with van der Waals surface area (Å²) in [6.07, 6.45) is 9.63. The van der Waals surface area contributed by atoms with Gasteiger partial charge < -0.3 is 9.84 Å². The van der Waals surface area contributed by atoms with Crippen LogP contribution in [0, 0.1) is 10.8 Å². The molecule has 2 aliphatic rings. The SMILES string of the molecule is CCOC(=O)C1(CCCS(C)(=O)=O)CCC1.CS(=O)(=O)CCCC1(C(=O)O)CCC1. The maximum Gasteiger partial charge on any atom is 0.312 e. The second kappa shape index (κ2) is 10.9. The molecule has 10 heteroatoms. The number of sulfone groups is 2. The highest BCUT2D eigenvalue weighted by molar-refractivity contribution is 7.90. The first-order valence-corrected chi connectivity index (χ1v) is 14.6. The van der Waals surface area contributed by atoms with E-state index in [4.69, 9.17) is 9.84 Å². The van der Waals surface area contributed by atoms with Crippen LogP contribution in [0.5, 0.6) is 0 Å². The van der Waals surface area contributed by atoms with Crippen LogP contribution in [0.1, 0.15) is 71.1 Å². The lowest BCUT2D eigenvalue weighted by Gasteiger charge is -2.39. The van der Waals surface area contributed by atoms with E-state index in [1.807, 2.05) is 0 Å². The molecule has 0 amide bonds. The molecular weight excluding hydrogens is 432 g/mol. The third kappa shape index (κ3) is 8.53. The van der Waals surface area contributed by atoms with Crippen LogP contribution >= 0.6 is 0 Å². The van der Waals surface area contributed by atoms with Gasteiger partial charge in [0.05, 0.1) is 17.4 Å². The van der Waals surface area contributed by atoms with Gasteiger partial charge in [-0.15, -0.1) is 0 Å². The molecule has 0 heterocycles. The van der Waals surface area contributed by atoms with Gasteiger partial charge in [0.1, 0.15) is 19.7 Å². The molecule has 2 rings (SSSR count). The van der Waals surface area contributed by atoms with Crippen molar-refractivity contribution >= 4 is 31.6 Å². The number of aliphatic carboxylic acids is 1. The zero-order valence-corrected chi connectivity index (χ0v) is 19.9. The Hall–Kier alpha value is -1.16. The Morgan fingerprint density at radius 3 is 1.50 bits per heavy atom. The number of carboxylic acids is 1. The van der Waals surface area contributed by atoms with Crippen molar-refractivity contribution in [2.45, 2.75) is 71.1 Å². The molecule has 0 radical (unpaired) electrons. The molecule has 0 aromatic carbocycles. The summed E-state index contributed by atoms with van der Waals surface area (Å²) in [5, 5.41) is 8.96. The predicted octanol–water partition coefficient (Wildman–Crippen LogP) is 2.61. The van der Waals surface area contributed by atoms with Crippen LogP contribution in [-0.2, 0) is 34.0 Å². The molecule has 0 aliphatic heterocycles. The number of rotatable bonds is 11. The fourth-order valence-electron chi connectivity index (χ4n) is 3.96. The summed E-state index contributed by atoms with van der Waals surface area (Å²) in [6.45, 7) is 2.19. The topological polar surface area (TPSA) is 132 Å². The molecule has 0 bridgehead atoms. The van der Waals surface area contributed by atoms with Crippen molar-refractivity contribution in [3.05, 3.63) is 0 Å². The minimum Gasteiger partial charge on any atom is -0.481 e. The summed E-state index contributed by atoms with van der Waals surface area (Å²) in [6, 6.07) is 0. The fraction of sp³-hybridized carbons (Fsp3) is 0.900. The second-order valence-corrected chi connectivity index (χ2v) is 13.3. The molecule has 0 saturated heterocycles. The maximum atomic E-state index is 11.7. The van der Waals surface area contributed by atoms with E-state index in [1.54, 1.807) is 6.92 Å². The highest BCUT2D eigenvalue weighted by atomic mass is 32.2. The molecule has 8 nitrogen and oxygen atoms in total. The van der Waals surface area contributed by atoms with E-state index in [1.165, 1.54) is 12.5 Å². The Morgan fingerprint density at radius 1 is 0.833 bits per heavy atom. The minimum absolute atomic E-state index is 0.0992. The van der Waals surface area contributed by atoms with Crippen LogP contribution in [-0.4, -0.2) is 64.5 Å². The van der Waals surface area contributed by atoms with Gasteiger partial charge in [0, 0.05) is 24.0 Å². The lowest BCUT2D eigenvalue weighted by Crippen LogP contribution is -2.39. The summed E-state index contributed by atoms with van der Waals surface area (Å²) in [7, 11) is -5.87. The van der Waals surface area contributed by atoms with Crippen molar-refractivity contribution in [2.75, 3.05) is 30.6 Å². The molecule has 2 fully saturated rings. The number of carbonyl (C=O) groups is 2. The van der Waals surface area contributed by atoms with Crippen molar-refractivity contribution < 1.29 is 36.3 Å². The molecule has 30 heavy (non-hydrogen) atoms. The Morgan fingerprint density at radius 2 is 1.23 bits per heavy atom. The van der Waals surface area contributed by atoms with E-state index in [2.05, 4.69) is 0 Å². The van der Waals surface area contributed by atoms with E-state index in [9.17, 15) is 26.4 Å². The van der Waals surface area contributed by atoms with E-state index in [0.29, 0.717) is 45.1 Å². The second-order valence-electron chi connectivity index (χ2n) is 8.76. The first-order chi connectivity index (χ1) is 13.8. The Kier molecular flexibility index (Phi) is 9.79. The Bertz CT molecular complexity index is 791. The van der Waals surface area contributed by atoms with Gasteiger partial charge >= 0.3 is 11.9 Å². The highest BCUT2D eigenvalue weighted by Gasteiger charge is 2.45. The molecule has 0 unspecified atom stereocenters. The molecule has 0 atom stereocenters. The quantitative estimate of drug-likeness (QED) is 0.458. The smallest absolute Gasteiger partial charge is 0.312 e. The van der Waals surface area contributed by atoms with Gasteiger partial charge in [0.25, 0.3) is 0 Å². The number of ether oxygens (including phenoxy) is 1. The molecule has 0 aromatic rings. The first kappa shape index (κ1) is 26.9. The average molecular weight is 469 g/mol.